The molecule has 2 rings (SSSR count). The van der Waals surface area contributed by atoms with Gasteiger partial charge in [-0.15, -0.1) is 12.4 Å². The summed E-state index contributed by atoms with van der Waals surface area (Å²) in [6.07, 6.45) is 5.43. The van der Waals surface area contributed by atoms with Gasteiger partial charge in [0.2, 0.25) is 5.91 Å². The summed E-state index contributed by atoms with van der Waals surface area (Å²) in [7, 11) is 1.97. The lowest BCUT2D eigenvalue weighted by molar-refractivity contribution is -0.135. The Balaban J connectivity index is 0.00000200. The van der Waals surface area contributed by atoms with E-state index in [1.807, 2.05) is 11.9 Å². The van der Waals surface area contributed by atoms with Crippen LogP contribution in [0.4, 0.5) is 0 Å². The van der Waals surface area contributed by atoms with Crippen molar-refractivity contribution in [3.63, 3.8) is 0 Å². The molecular formula is C15H29ClN2O2. The molecule has 1 N–H and O–H groups in total. The van der Waals surface area contributed by atoms with Gasteiger partial charge in [0.15, 0.2) is 0 Å². The van der Waals surface area contributed by atoms with Gasteiger partial charge in [-0.05, 0) is 51.5 Å². The fourth-order valence-electron chi connectivity index (χ4n) is 3.19. The minimum Gasteiger partial charge on any atom is -0.381 e. The maximum atomic E-state index is 12.4. The highest BCUT2D eigenvalue weighted by Crippen LogP contribution is 2.21. The predicted octanol–water partition coefficient (Wildman–Crippen LogP) is 2.07. The van der Waals surface area contributed by atoms with Crippen molar-refractivity contribution in [3.05, 3.63) is 0 Å². The Hall–Kier alpha value is -0.320. The normalized spacial score (nSPS) is 27.7. The third kappa shape index (κ3) is 5.23. The Morgan fingerprint density at radius 2 is 2.00 bits per heavy atom. The van der Waals surface area contributed by atoms with E-state index in [0.717, 1.165) is 64.3 Å². The van der Waals surface area contributed by atoms with Crippen molar-refractivity contribution in [3.8, 4) is 0 Å². The number of rotatable bonds is 4. The number of hydrogen-bond acceptors (Lipinski definition) is 3. The summed E-state index contributed by atoms with van der Waals surface area (Å²) in [6.45, 7) is 5.84. The number of nitrogens with one attached hydrogen (secondary N) is 1. The third-order valence-corrected chi connectivity index (χ3v) is 4.56. The molecule has 20 heavy (non-hydrogen) atoms. The summed E-state index contributed by atoms with van der Waals surface area (Å²) in [5.41, 5.74) is 0. The number of nitrogens with zero attached hydrogens (tertiary/aromatic N) is 1. The van der Waals surface area contributed by atoms with E-state index >= 15 is 0 Å². The van der Waals surface area contributed by atoms with Gasteiger partial charge in [-0.1, -0.05) is 0 Å². The maximum absolute atomic E-state index is 12.4. The van der Waals surface area contributed by atoms with Crippen molar-refractivity contribution in [1.29, 1.82) is 0 Å². The molecule has 0 spiro atoms. The van der Waals surface area contributed by atoms with Crippen molar-refractivity contribution >= 4 is 18.3 Å². The molecule has 0 aromatic rings. The Morgan fingerprint density at radius 1 is 1.30 bits per heavy atom. The fraction of sp³-hybridized carbons (Fsp3) is 0.933. The van der Waals surface area contributed by atoms with Crippen LogP contribution in [0.3, 0.4) is 0 Å². The molecule has 2 aliphatic rings. The van der Waals surface area contributed by atoms with Gasteiger partial charge in [-0.3, -0.25) is 4.79 Å². The first-order valence-corrected chi connectivity index (χ1v) is 7.73. The zero-order valence-electron chi connectivity index (χ0n) is 12.8. The highest BCUT2D eigenvalue weighted by atomic mass is 35.5. The van der Waals surface area contributed by atoms with Gasteiger partial charge in [0.1, 0.15) is 0 Å². The lowest BCUT2D eigenvalue weighted by Crippen LogP contribution is -2.43. The predicted molar refractivity (Wildman–Crippen MR) is 83.2 cm³/mol. The van der Waals surface area contributed by atoms with E-state index in [2.05, 4.69) is 12.2 Å². The van der Waals surface area contributed by atoms with Crippen molar-refractivity contribution in [2.45, 2.75) is 45.1 Å². The maximum Gasteiger partial charge on any atom is 0.225 e. The molecule has 0 aromatic carbocycles. The van der Waals surface area contributed by atoms with Crippen LogP contribution in [0, 0.1) is 11.8 Å². The Bertz CT molecular complexity index is 296. The summed E-state index contributed by atoms with van der Waals surface area (Å²) in [4.78, 5) is 14.3. The van der Waals surface area contributed by atoms with Gasteiger partial charge >= 0.3 is 0 Å². The van der Waals surface area contributed by atoms with E-state index in [1.54, 1.807) is 0 Å². The van der Waals surface area contributed by atoms with Crippen molar-refractivity contribution in [2.24, 2.45) is 11.8 Å². The van der Waals surface area contributed by atoms with E-state index in [4.69, 9.17) is 4.74 Å². The second-order valence-electron chi connectivity index (χ2n) is 6.18. The van der Waals surface area contributed by atoms with E-state index in [9.17, 15) is 4.79 Å². The van der Waals surface area contributed by atoms with Crippen LogP contribution in [0.25, 0.3) is 0 Å². The largest absolute Gasteiger partial charge is 0.381 e. The molecule has 4 nitrogen and oxygen atoms in total. The Morgan fingerprint density at radius 3 is 2.65 bits per heavy atom. The first kappa shape index (κ1) is 17.7. The fourth-order valence-corrected chi connectivity index (χ4v) is 3.19. The summed E-state index contributed by atoms with van der Waals surface area (Å²) in [5.74, 6) is 1.33. The zero-order valence-corrected chi connectivity index (χ0v) is 13.6. The SMILES string of the molecule is C[C@H]1C[C@@H](C(=O)N(C)CCC2CCOCC2)CCN1.Cl. The monoisotopic (exact) mass is 304 g/mol. The number of ether oxygens (including phenoxy) is 1. The molecule has 2 saturated heterocycles. The summed E-state index contributed by atoms with van der Waals surface area (Å²) < 4.78 is 5.37. The number of amides is 1. The summed E-state index contributed by atoms with van der Waals surface area (Å²) in [5, 5.41) is 3.40. The molecule has 0 aromatic heterocycles. The minimum absolute atomic E-state index is 0. The van der Waals surface area contributed by atoms with Crippen molar-refractivity contribution in [1.82, 2.24) is 10.2 Å². The number of carbonyl (C=O) groups excluding carboxylic acids is 1. The van der Waals surface area contributed by atoms with Gasteiger partial charge in [-0.2, -0.15) is 0 Å². The smallest absolute Gasteiger partial charge is 0.225 e. The molecule has 0 aliphatic carbocycles. The van der Waals surface area contributed by atoms with Crippen LogP contribution in [0.5, 0.6) is 0 Å². The van der Waals surface area contributed by atoms with Crippen LogP contribution in [0.1, 0.15) is 39.0 Å². The molecule has 5 heteroatoms. The quantitative estimate of drug-likeness (QED) is 0.864. The topological polar surface area (TPSA) is 41.6 Å². The standard InChI is InChI=1S/C15H28N2O2.ClH/c1-12-11-14(3-7-16-12)15(18)17(2)8-4-13-5-9-19-10-6-13;/h12-14,16H,3-11H2,1-2H3;1H/t12-,14-;/m0./s1. The van der Waals surface area contributed by atoms with Crippen LogP contribution in [0.2, 0.25) is 0 Å². The van der Waals surface area contributed by atoms with E-state index in [0.29, 0.717) is 11.9 Å². The van der Waals surface area contributed by atoms with Gasteiger partial charge in [0.25, 0.3) is 0 Å². The van der Waals surface area contributed by atoms with E-state index in [1.165, 1.54) is 0 Å². The molecule has 1 amide bonds. The Labute approximate surface area is 129 Å². The lowest BCUT2D eigenvalue weighted by atomic mass is 9.91. The molecule has 2 heterocycles. The van der Waals surface area contributed by atoms with Crippen LogP contribution >= 0.6 is 12.4 Å². The first-order chi connectivity index (χ1) is 9.16. The molecule has 0 saturated carbocycles. The molecule has 0 unspecified atom stereocenters. The highest BCUT2D eigenvalue weighted by Gasteiger charge is 2.27. The van der Waals surface area contributed by atoms with E-state index < -0.39 is 0 Å². The lowest BCUT2D eigenvalue weighted by Gasteiger charge is -2.31. The van der Waals surface area contributed by atoms with Crippen LogP contribution in [0.15, 0.2) is 0 Å². The van der Waals surface area contributed by atoms with Crippen LogP contribution in [-0.4, -0.2) is 50.2 Å². The molecule has 2 fully saturated rings. The average molecular weight is 305 g/mol. The molecule has 0 bridgehead atoms. The van der Waals surface area contributed by atoms with Gasteiger partial charge in [-0.25, -0.2) is 0 Å². The van der Waals surface area contributed by atoms with Crippen LogP contribution < -0.4 is 5.32 Å². The number of carbonyl (C=O) groups is 1. The molecule has 0 radical (unpaired) electrons. The summed E-state index contributed by atoms with van der Waals surface area (Å²) in [6, 6.07) is 0.478. The number of hydrogen-bond donors (Lipinski definition) is 1. The zero-order chi connectivity index (χ0) is 13.7. The van der Waals surface area contributed by atoms with Gasteiger partial charge < -0.3 is 15.0 Å². The number of halogens is 1. The van der Waals surface area contributed by atoms with E-state index in [-0.39, 0.29) is 18.3 Å². The second-order valence-corrected chi connectivity index (χ2v) is 6.18. The molecule has 2 atom stereocenters. The van der Waals surface area contributed by atoms with Crippen LogP contribution in [-0.2, 0) is 9.53 Å². The number of piperidine rings is 1. The first-order valence-electron chi connectivity index (χ1n) is 7.73. The molecule has 2 aliphatic heterocycles. The van der Waals surface area contributed by atoms with Gasteiger partial charge in [0.05, 0.1) is 0 Å². The average Bonchev–Trinajstić information content (AvgIpc) is 2.45. The Kier molecular flexibility index (Phi) is 7.85. The summed E-state index contributed by atoms with van der Waals surface area (Å²) >= 11 is 0. The molecular weight excluding hydrogens is 276 g/mol. The minimum atomic E-state index is 0. The van der Waals surface area contributed by atoms with Crippen molar-refractivity contribution in [2.75, 3.05) is 33.4 Å². The van der Waals surface area contributed by atoms with Crippen molar-refractivity contribution < 1.29 is 9.53 Å². The van der Waals surface area contributed by atoms with Gasteiger partial charge in [0, 0.05) is 38.8 Å². The second kappa shape index (κ2) is 8.85. The highest BCUT2D eigenvalue weighted by molar-refractivity contribution is 5.85. The molecule has 118 valence electrons. The third-order valence-electron chi connectivity index (χ3n) is 4.56.